The van der Waals surface area contributed by atoms with Crippen LogP contribution >= 0.6 is 0 Å². The Morgan fingerprint density at radius 3 is 3.00 bits per heavy atom. The van der Waals surface area contributed by atoms with Crippen molar-refractivity contribution in [3.05, 3.63) is 0 Å². The van der Waals surface area contributed by atoms with Gasteiger partial charge in [0.1, 0.15) is 0 Å². The van der Waals surface area contributed by atoms with Gasteiger partial charge in [-0.05, 0) is 25.2 Å². The molecule has 1 amide bonds. The molecule has 1 aliphatic rings. The second kappa shape index (κ2) is 4.45. The summed E-state index contributed by atoms with van der Waals surface area (Å²) in [5, 5.41) is 0. The fourth-order valence-electron chi connectivity index (χ4n) is 1.61. The van der Waals surface area contributed by atoms with E-state index < -0.39 is 0 Å². The Bertz CT molecular complexity index is 153. The topological polar surface area (TPSA) is 52.3 Å². The summed E-state index contributed by atoms with van der Waals surface area (Å²) in [7, 11) is 0. The molecule has 3 heteroatoms. The van der Waals surface area contributed by atoms with E-state index in [9.17, 15) is 4.79 Å². The smallest absolute Gasteiger partial charge is 0.220 e. The molecule has 2 unspecified atom stereocenters. The van der Waals surface area contributed by atoms with Gasteiger partial charge < -0.3 is 10.5 Å². The van der Waals surface area contributed by atoms with E-state index in [1.54, 1.807) is 0 Å². The average Bonchev–Trinajstić information content (AvgIpc) is 2.06. The van der Waals surface area contributed by atoms with Gasteiger partial charge in [0.05, 0.1) is 0 Å². The Kier molecular flexibility index (Phi) is 3.53. The summed E-state index contributed by atoms with van der Waals surface area (Å²) < 4.78 is 5.31. The summed E-state index contributed by atoms with van der Waals surface area (Å²) in [6, 6.07) is 0. The molecule has 0 radical (unpaired) electrons. The van der Waals surface area contributed by atoms with E-state index in [2.05, 4.69) is 0 Å². The molecule has 0 aromatic rings. The number of rotatable bonds is 3. The first-order chi connectivity index (χ1) is 5.70. The monoisotopic (exact) mass is 171 g/mol. The molecule has 1 fully saturated rings. The highest BCUT2D eigenvalue weighted by Gasteiger charge is 2.19. The summed E-state index contributed by atoms with van der Waals surface area (Å²) in [6.45, 7) is 3.57. The van der Waals surface area contributed by atoms with Gasteiger partial charge in [-0.15, -0.1) is 0 Å². The van der Waals surface area contributed by atoms with Gasteiger partial charge in [-0.3, -0.25) is 4.79 Å². The van der Waals surface area contributed by atoms with Gasteiger partial charge in [-0.1, -0.05) is 6.92 Å². The number of hydrogen-bond acceptors (Lipinski definition) is 2. The third-order valence-electron chi connectivity index (χ3n) is 2.43. The van der Waals surface area contributed by atoms with E-state index in [4.69, 9.17) is 10.5 Å². The first-order valence-electron chi connectivity index (χ1n) is 4.57. The fraction of sp³-hybridized carbons (Fsp3) is 0.889. The molecule has 1 heterocycles. The summed E-state index contributed by atoms with van der Waals surface area (Å²) in [4.78, 5) is 10.8. The zero-order chi connectivity index (χ0) is 8.97. The van der Waals surface area contributed by atoms with Gasteiger partial charge >= 0.3 is 0 Å². The minimum absolute atomic E-state index is 0.00306. The van der Waals surface area contributed by atoms with Crippen LogP contribution in [0.5, 0.6) is 0 Å². The zero-order valence-corrected chi connectivity index (χ0v) is 7.58. The maximum atomic E-state index is 10.8. The lowest BCUT2D eigenvalue weighted by molar-refractivity contribution is -0.122. The Labute approximate surface area is 73.3 Å². The van der Waals surface area contributed by atoms with Gasteiger partial charge in [-0.2, -0.15) is 0 Å². The van der Waals surface area contributed by atoms with Crippen LogP contribution in [-0.4, -0.2) is 19.1 Å². The third-order valence-corrected chi connectivity index (χ3v) is 2.43. The highest BCUT2D eigenvalue weighted by atomic mass is 16.5. The molecule has 0 spiro atoms. The molecule has 3 nitrogen and oxygen atoms in total. The van der Waals surface area contributed by atoms with Crippen molar-refractivity contribution in [2.45, 2.75) is 26.2 Å². The molecule has 1 aliphatic heterocycles. The van der Waals surface area contributed by atoms with Crippen molar-refractivity contribution in [3.63, 3.8) is 0 Å². The van der Waals surface area contributed by atoms with Gasteiger partial charge in [-0.25, -0.2) is 0 Å². The van der Waals surface area contributed by atoms with Crippen LogP contribution in [0.4, 0.5) is 0 Å². The van der Waals surface area contributed by atoms with Crippen LogP contribution in [0.3, 0.4) is 0 Å². The van der Waals surface area contributed by atoms with Crippen LogP contribution in [0.1, 0.15) is 26.2 Å². The molecule has 1 rings (SSSR count). The largest absolute Gasteiger partial charge is 0.381 e. The molecule has 0 aromatic carbocycles. The quantitative estimate of drug-likeness (QED) is 0.686. The van der Waals surface area contributed by atoms with Crippen LogP contribution in [-0.2, 0) is 9.53 Å². The number of primary amides is 1. The minimum Gasteiger partial charge on any atom is -0.381 e. The van der Waals surface area contributed by atoms with Crippen LogP contribution in [0, 0.1) is 11.8 Å². The SMILES string of the molecule is CC(CC1CCCOC1)C(N)=O. The lowest BCUT2D eigenvalue weighted by Crippen LogP contribution is -2.26. The number of hydrogen-bond donors (Lipinski definition) is 1. The molecule has 0 saturated carbocycles. The summed E-state index contributed by atoms with van der Waals surface area (Å²) in [5.41, 5.74) is 5.17. The standard InChI is InChI=1S/C9H17NO2/c1-7(9(10)11)5-8-3-2-4-12-6-8/h7-8H,2-6H2,1H3,(H2,10,11). The highest BCUT2D eigenvalue weighted by Crippen LogP contribution is 2.21. The fourth-order valence-corrected chi connectivity index (χ4v) is 1.61. The first kappa shape index (κ1) is 9.52. The van der Waals surface area contributed by atoms with Crippen LogP contribution < -0.4 is 5.73 Å². The van der Waals surface area contributed by atoms with E-state index in [1.165, 1.54) is 6.42 Å². The average molecular weight is 171 g/mol. The summed E-state index contributed by atoms with van der Waals surface area (Å²) in [5.74, 6) is 0.346. The first-order valence-corrected chi connectivity index (χ1v) is 4.57. The Morgan fingerprint density at radius 2 is 2.50 bits per heavy atom. The summed E-state index contributed by atoms with van der Waals surface area (Å²) in [6.07, 6.45) is 3.18. The Morgan fingerprint density at radius 1 is 1.75 bits per heavy atom. The third kappa shape index (κ3) is 2.81. The van der Waals surface area contributed by atoms with Gasteiger partial charge in [0.2, 0.25) is 5.91 Å². The van der Waals surface area contributed by atoms with E-state index in [0.29, 0.717) is 5.92 Å². The van der Waals surface area contributed by atoms with E-state index in [1.807, 2.05) is 6.92 Å². The van der Waals surface area contributed by atoms with E-state index in [0.717, 1.165) is 26.1 Å². The normalized spacial score (nSPS) is 26.6. The predicted molar refractivity (Wildman–Crippen MR) is 46.5 cm³/mol. The van der Waals surface area contributed by atoms with Crippen molar-refractivity contribution in [2.24, 2.45) is 17.6 Å². The van der Waals surface area contributed by atoms with Gasteiger partial charge in [0.15, 0.2) is 0 Å². The number of amides is 1. The molecule has 70 valence electrons. The lowest BCUT2D eigenvalue weighted by atomic mass is 9.91. The molecule has 0 bridgehead atoms. The number of ether oxygens (including phenoxy) is 1. The number of carbonyl (C=O) groups excluding carboxylic acids is 1. The van der Waals surface area contributed by atoms with Crippen molar-refractivity contribution in [3.8, 4) is 0 Å². The zero-order valence-electron chi connectivity index (χ0n) is 7.58. The second-order valence-corrected chi connectivity index (χ2v) is 3.62. The van der Waals surface area contributed by atoms with Crippen molar-refractivity contribution in [2.75, 3.05) is 13.2 Å². The maximum absolute atomic E-state index is 10.8. The van der Waals surface area contributed by atoms with Crippen molar-refractivity contribution < 1.29 is 9.53 Å². The van der Waals surface area contributed by atoms with E-state index in [-0.39, 0.29) is 11.8 Å². The maximum Gasteiger partial charge on any atom is 0.220 e. The molecular formula is C9H17NO2. The predicted octanol–water partition coefficient (Wildman–Crippen LogP) is 0.924. The van der Waals surface area contributed by atoms with Crippen LogP contribution in [0.25, 0.3) is 0 Å². The van der Waals surface area contributed by atoms with Crippen molar-refractivity contribution >= 4 is 5.91 Å². The Hall–Kier alpha value is -0.570. The van der Waals surface area contributed by atoms with E-state index >= 15 is 0 Å². The number of nitrogens with two attached hydrogens (primary N) is 1. The second-order valence-electron chi connectivity index (χ2n) is 3.62. The molecule has 0 aromatic heterocycles. The highest BCUT2D eigenvalue weighted by molar-refractivity contribution is 5.76. The van der Waals surface area contributed by atoms with Crippen LogP contribution in [0.15, 0.2) is 0 Å². The van der Waals surface area contributed by atoms with Gasteiger partial charge in [0, 0.05) is 19.1 Å². The van der Waals surface area contributed by atoms with Crippen LogP contribution in [0.2, 0.25) is 0 Å². The molecule has 0 aliphatic carbocycles. The molecule has 2 N–H and O–H groups in total. The molecule has 1 saturated heterocycles. The molecule has 12 heavy (non-hydrogen) atoms. The van der Waals surface area contributed by atoms with Crippen molar-refractivity contribution in [1.82, 2.24) is 0 Å². The molecular weight excluding hydrogens is 154 g/mol. The minimum atomic E-state index is -0.194. The lowest BCUT2D eigenvalue weighted by Gasteiger charge is -2.23. The summed E-state index contributed by atoms with van der Waals surface area (Å²) >= 11 is 0. The Balaban J connectivity index is 2.24. The van der Waals surface area contributed by atoms with Crippen molar-refractivity contribution in [1.29, 1.82) is 0 Å². The molecule has 2 atom stereocenters. The van der Waals surface area contributed by atoms with Gasteiger partial charge in [0.25, 0.3) is 0 Å². The number of carbonyl (C=O) groups is 1.